The Kier molecular flexibility index (Phi) is 6.37. The summed E-state index contributed by atoms with van der Waals surface area (Å²) in [7, 11) is 0. The van der Waals surface area contributed by atoms with Crippen molar-refractivity contribution in [3.63, 3.8) is 0 Å². The van der Waals surface area contributed by atoms with Crippen LogP contribution in [0.2, 0.25) is 5.02 Å². The number of thiocarbonyl (C=S) groups is 1. The molecule has 2 aromatic heterocycles. The lowest BCUT2D eigenvalue weighted by Crippen LogP contribution is -2.28. The van der Waals surface area contributed by atoms with E-state index in [1.165, 1.54) is 22.2 Å². The van der Waals surface area contributed by atoms with Crippen LogP contribution < -0.4 is 10.3 Å². The Morgan fingerprint density at radius 3 is 2.72 bits per heavy atom. The molecular formula is C23H20ClN3O3S2. The number of rotatable bonds is 5. The third-order valence-corrected chi connectivity index (χ3v) is 6.79. The van der Waals surface area contributed by atoms with Crippen LogP contribution in [0, 0.1) is 13.8 Å². The molecule has 0 N–H and O–H groups in total. The van der Waals surface area contributed by atoms with Gasteiger partial charge in [0.1, 0.15) is 21.3 Å². The van der Waals surface area contributed by atoms with Crippen LogP contribution in [0.15, 0.2) is 46.2 Å². The first-order valence-corrected chi connectivity index (χ1v) is 11.6. The summed E-state index contributed by atoms with van der Waals surface area (Å²) >= 11 is 12.7. The number of halogens is 1. The number of aromatic nitrogens is 2. The van der Waals surface area contributed by atoms with Crippen molar-refractivity contribution >= 4 is 57.5 Å². The number of hydrogen-bond donors (Lipinski definition) is 0. The molecule has 32 heavy (non-hydrogen) atoms. The third-order valence-electron chi connectivity index (χ3n) is 4.99. The average Bonchev–Trinajstić information content (AvgIpc) is 3.02. The van der Waals surface area contributed by atoms with Crippen LogP contribution in [0.4, 0.5) is 0 Å². The zero-order valence-corrected chi connectivity index (χ0v) is 20.1. The molecule has 1 aromatic carbocycles. The lowest BCUT2D eigenvalue weighted by atomic mass is 10.2. The summed E-state index contributed by atoms with van der Waals surface area (Å²) in [4.78, 5) is 32.8. The van der Waals surface area contributed by atoms with Crippen molar-refractivity contribution in [2.24, 2.45) is 0 Å². The van der Waals surface area contributed by atoms with Gasteiger partial charge in [0.05, 0.1) is 4.91 Å². The molecule has 9 heteroatoms. The van der Waals surface area contributed by atoms with Crippen LogP contribution in [0.1, 0.15) is 30.0 Å². The number of nitrogens with zero attached hydrogens (tertiary/aromatic N) is 3. The summed E-state index contributed by atoms with van der Waals surface area (Å²) in [5.41, 5.74) is 1.98. The van der Waals surface area contributed by atoms with Gasteiger partial charge < -0.3 is 4.74 Å². The number of thioether (sulfide) groups is 1. The molecule has 4 rings (SSSR count). The highest BCUT2D eigenvalue weighted by atomic mass is 35.5. The van der Waals surface area contributed by atoms with Gasteiger partial charge in [-0.3, -0.25) is 18.9 Å². The maximum Gasteiger partial charge on any atom is 0.269 e. The molecule has 1 amide bonds. The van der Waals surface area contributed by atoms with Crippen molar-refractivity contribution in [3.05, 3.63) is 73.5 Å². The van der Waals surface area contributed by atoms with Crippen LogP contribution in [0.25, 0.3) is 11.7 Å². The molecule has 1 fully saturated rings. The predicted octanol–water partition coefficient (Wildman–Crippen LogP) is 5.37. The Labute approximate surface area is 199 Å². The molecule has 1 saturated heterocycles. The third kappa shape index (κ3) is 4.18. The van der Waals surface area contributed by atoms with Crippen LogP contribution >= 0.6 is 35.6 Å². The van der Waals surface area contributed by atoms with E-state index >= 15 is 0 Å². The minimum Gasteiger partial charge on any atom is -0.438 e. The van der Waals surface area contributed by atoms with Gasteiger partial charge >= 0.3 is 0 Å². The topological polar surface area (TPSA) is 63.9 Å². The smallest absolute Gasteiger partial charge is 0.269 e. The van der Waals surface area contributed by atoms with E-state index in [-0.39, 0.29) is 22.9 Å². The first kappa shape index (κ1) is 22.5. The number of aryl methyl sites for hydroxylation is 2. The van der Waals surface area contributed by atoms with Crippen molar-refractivity contribution in [1.82, 2.24) is 14.3 Å². The molecule has 1 aliphatic rings. The molecule has 3 heterocycles. The minimum absolute atomic E-state index is 0.117. The number of carbonyl (C=O) groups is 1. The lowest BCUT2D eigenvalue weighted by molar-refractivity contribution is -0.122. The van der Waals surface area contributed by atoms with Gasteiger partial charge in [-0.15, -0.1) is 0 Å². The molecule has 0 aliphatic carbocycles. The molecule has 0 radical (unpaired) electrons. The van der Waals surface area contributed by atoms with Gasteiger partial charge in [-0.25, -0.2) is 0 Å². The Hall–Kier alpha value is -2.68. The summed E-state index contributed by atoms with van der Waals surface area (Å²) in [6.07, 6.45) is 3.95. The molecule has 164 valence electrons. The van der Waals surface area contributed by atoms with Gasteiger partial charge in [0.15, 0.2) is 0 Å². The zero-order chi connectivity index (χ0) is 23.0. The first-order chi connectivity index (χ1) is 15.3. The molecule has 0 unspecified atom stereocenters. The number of benzene rings is 1. The fourth-order valence-electron chi connectivity index (χ4n) is 3.33. The summed E-state index contributed by atoms with van der Waals surface area (Å²) in [5, 5.41) is 0.611. The Bertz CT molecular complexity index is 1350. The highest BCUT2D eigenvalue weighted by molar-refractivity contribution is 8.26. The summed E-state index contributed by atoms with van der Waals surface area (Å²) in [6.45, 7) is 6.24. The normalized spacial score (nSPS) is 15.2. The van der Waals surface area contributed by atoms with Crippen molar-refractivity contribution in [3.8, 4) is 11.6 Å². The first-order valence-electron chi connectivity index (χ1n) is 10.0. The summed E-state index contributed by atoms with van der Waals surface area (Å²) in [5.74, 6) is 0.389. The van der Waals surface area contributed by atoms with E-state index in [9.17, 15) is 9.59 Å². The molecular weight excluding hydrogens is 466 g/mol. The van der Waals surface area contributed by atoms with Gasteiger partial charge in [-0.2, -0.15) is 4.98 Å². The second-order valence-electron chi connectivity index (χ2n) is 7.37. The Balaban J connectivity index is 1.88. The van der Waals surface area contributed by atoms with E-state index in [0.29, 0.717) is 32.2 Å². The Morgan fingerprint density at radius 2 is 2.00 bits per heavy atom. The van der Waals surface area contributed by atoms with Crippen LogP contribution in [0.3, 0.4) is 0 Å². The number of carbonyl (C=O) groups excluding carboxylic acids is 1. The number of hydrogen-bond acceptors (Lipinski definition) is 6. The highest BCUT2D eigenvalue weighted by Gasteiger charge is 2.32. The van der Waals surface area contributed by atoms with Crippen molar-refractivity contribution in [2.45, 2.75) is 27.2 Å². The van der Waals surface area contributed by atoms with Crippen LogP contribution in [0.5, 0.6) is 11.6 Å². The zero-order valence-electron chi connectivity index (χ0n) is 17.7. The molecule has 0 spiro atoms. The van der Waals surface area contributed by atoms with E-state index in [1.807, 2.05) is 26.8 Å². The molecule has 6 nitrogen and oxygen atoms in total. The van der Waals surface area contributed by atoms with E-state index in [0.717, 1.165) is 17.5 Å². The summed E-state index contributed by atoms with van der Waals surface area (Å²) in [6, 6.07) is 8.85. The average molecular weight is 486 g/mol. The van der Waals surface area contributed by atoms with E-state index in [1.54, 1.807) is 35.4 Å². The van der Waals surface area contributed by atoms with Gasteiger partial charge in [0, 0.05) is 17.8 Å². The van der Waals surface area contributed by atoms with E-state index in [2.05, 4.69) is 4.98 Å². The maximum absolute atomic E-state index is 13.4. The fourth-order valence-corrected chi connectivity index (χ4v) is 4.74. The number of amides is 1. The minimum atomic E-state index is -0.333. The van der Waals surface area contributed by atoms with Gasteiger partial charge in [0.2, 0.25) is 5.88 Å². The quantitative estimate of drug-likeness (QED) is 0.357. The second-order valence-corrected chi connectivity index (χ2v) is 9.45. The predicted molar refractivity (Wildman–Crippen MR) is 133 cm³/mol. The van der Waals surface area contributed by atoms with Gasteiger partial charge in [-0.1, -0.05) is 48.6 Å². The van der Waals surface area contributed by atoms with Crippen LogP contribution in [-0.2, 0) is 4.79 Å². The largest absolute Gasteiger partial charge is 0.438 e. The lowest BCUT2D eigenvalue weighted by Gasteiger charge is -2.13. The number of fused-ring (bicyclic) bond motifs is 1. The molecule has 3 aromatic rings. The fraction of sp³-hybridized carbons (Fsp3) is 0.217. The molecule has 0 atom stereocenters. The monoisotopic (exact) mass is 485 g/mol. The van der Waals surface area contributed by atoms with Crippen LogP contribution in [-0.4, -0.2) is 31.1 Å². The van der Waals surface area contributed by atoms with Gasteiger partial charge in [-0.05, 0) is 61.7 Å². The Morgan fingerprint density at radius 1 is 1.22 bits per heavy atom. The molecule has 0 bridgehead atoms. The summed E-state index contributed by atoms with van der Waals surface area (Å²) < 4.78 is 7.97. The van der Waals surface area contributed by atoms with Gasteiger partial charge in [0.25, 0.3) is 11.5 Å². The van der Waals surface area contributed by atoms with Crippen molar-refractivity contribution in [2.75, 3.05) is 6.54 Å². The SMILES string of the molecule is CCCN1C(=O)/C(=C\c2c(Oc3ccc(Cl)c(C)c3)nc3c(C)cccn3c2=O)SC1=S. The standard InChI is InChI=1S/C23H20ClN3O3S2/c1-4-9-27-22(29)18(32-23(27)31)12-16-20(30-15-7-8-17(24)14(3)11-15)25-19-13(2)6-5-10-26(19)21(16)28/h5-8,10-12H,4,9H2,1-3H3/b18-12+. The highest BCUT2D eigenvalue weighted by Crippen LogP contribution is 2.34. The van der Waals surface area contributed by atoms with E-state index in [4.69, 9.17) is 28.6 Å². The number of pyridine rings is 1. The number of ether oxygens (including phenoxy) is 1. The van der Waals surface area contributed by atoms with Crippen molar-refractivity contribution < 1.29 is 9.53 Å². The second kappa shape index (κ2) is 9.05. The molecule has 1 aliphatic heterocycles. The van der Waals surface area contributed by atoms with Crippen molar-refractivity contribution in [1.29, 1.82) is 0 Å². The maximum atomic E-state index is 13.4. The van der Waals surface area contributed by atoms with E-state index < -0.39 is 0 Å². The molecule has 0 saturated carbocycles.